The van der Waals surface area contributed by atoms with Crippen LogP contribution in [-0.2, 0) is 4.79 Å². The standard InChI is InChI=1S/C13H27N3OS/c1-3-18-9-6-11(2)15-13(17)10-16-7-4-12(14)5-8-16/h11-12H,3-10,14H2,1-2H3,(H,15,17). The Kier molecular flexibility index (Phi) is 7.70. The minimum Gasteiger partial charge on any atom is -0.353 e. The molecule has 1 atom stereocenters. The van der Waals surface area contributed by atoms with Gasteiger partial charge in [0.25, 0.3) is 0 Å². The van der Waals surface area contributed by atoms with Crippen LogP contribution in [0.25, 0.3) is 0 Å². The van der Waals surface area contributed by atoms with Crippen LogP contribution in [-0.4, -0.2) is 54.0 Å². The average Bonchev–Trinajstić information content (AvgIpc) is 2.32. The van der Waals surface area contributed by atoms with Crippen LogP contribution in [0.5, 0.6) is 0 Å². The van der Waals surface area contributed by atoms with Crippen LogP contribution < -0.4 is 11.1 Å². The van der Waals surface area contributed by atoms with Crippen LogP contribution >= 0.6 is 11.8 Å². The number of carbonyl (C=O) groups is 1. The fraction of sp³-hybridized carbons (Fsp3) is 0.923. The summed E-state index contributed by atoms with van der Waals surface area (Å²) < 4.78 is 0. The number of thioether (sulfide) groups is 1. The molecule has 1 unspecified atom stereocenters. The highest BCUT2D eigenvalue weighted by atomic mass is 32.2. The largest absolute Gasteiger partial charge is 0.353 e. The molecule has 3 N–H and O–H groups in total. The normalized spacial score (nSPS) is 19.7. The van der Waals surface area contributed by atoms with Gasteiger partial charge in [-0.2, -0.15) is 11.8 Å². The summed E-state index contributed by atoms with van der Waals surface area (Å²) in [6.45, 7) is 6.68. The Morgan fingerprint density at radius 3 is 2.78 bits per heavy atom. The fourth-order valence-corrected chi connectivity index (χ4v) is 2.92. The summed E-state index contributed by atoms with van der Waals surface area (Å²) in [4.78, 5) is 14.0. The molecule has 0 aromatic rings. The molecule has 0 aromatic carbocycles. The molecule has 1 heterocycles. The summed E-state index contributed by atoms with van der Waals surface area (Å²) in [6, 6.07) is 0.609. The molecule has 0 saturated carbocycles. The van der Waals surface area contributed by atoms with E-state index in [0.717, 1.165) is 43.9 Å². The van der Waals surface area contributed by atoms with E-state index in [0.29, 0.717) is 12.6 Å². The number of nitrogens with one attached hydrogen (secondary N) is 1. The molecule has 1 amide bonds. The van der Waals surface area contributed by atoms with Gasteiger partial charge in [0.1, 0.15) is 0 Å². The number of hydrogen-bond acceptors (Lipinski definition) is 4. The Morgan fingerprint density at radius 1 is 1.50 bits per heavy atom. The number of likely N-dealkylation sites (tertiary alicyclic amines) is 1. The van der Waals surface area contributed by atoms with Crippen molar-refractivity contribution in [2.75, 3.05) is 31.1 Å². The van der Waals surface area contributed by atoms with Gasteiger partial charge in [-0.05, 0) is 37.7 Å². The SMILES string of the molecule is CCSCCC(C)NC(=O)CN1CCC(N)CC1. The lowest BCUT2D eigenvalue weighted by Gasteiger charge is -2.29. The van der Waals surface area contributed by atoms with Crippen LogP contribution in [0, 0.1) is 0 Å². The predicted octanol–water partition coefficient (Wildman–Crippen LogP) is 1.06. The molecule has 0 radical (unpaired) electrons. The summed E-state index contributed by atoms with van der Waals surface area (Å²) >= 11 is 1.92. The number of piperidine rings is 1. The van der Waals surface area contributed by atoms with E-state index < -0.39 is 0 Å². The van der Waals surface area contributed by atoms with Crippen LogP contribution in [0.1, 0.15) is 33.1 Å². The van der Waals surface area contributed by atoms with E-state index in [1.807, 2.05) is 11.8 Å². The van der Waals surface area contributed by atoms with Gasteiger partial charge >= 0.3 is 0 Å². The molecule has 1 rings (SSSR count). The number of nitrogens with zero attached hydrogens (tertiary/aromatic N) is 1. The first kappa shape index (κ1) is 15.8. The first-order chi connectivity index (χ1) is 8.61. The van der Waals surface area contributed by atoms with E-state index in [4.69, 9.17) is 5.73 Å². The summed E-state index contributed by atoms with van der Waals surface area (Å²) in [7, 11) is 0. The second-order valence-electron chi connectivity index (χ2n) is 5.07. The van der Waals surface area contributed by atoms with Gasteiger partial charge in [-0.25, -0.2) is 0 Å². The topological polar surface area (TPSA) is 58.4 Å². The van der Waals surface area contributed by atoms with Crippen molar-refractivity contribution in [1.82, 2.24) is 10.2 Å². The van der Waals surface area contributed by atoms with Crippen LogP contribution in [0.3, 0.4) is 0 Å². The van der Waals surface area contributed by atoms with E-state index in [-0.39, 0.29) is 11.9 Å². The molecule has 0 aliphatic carbocycles. The molecule has 1 fully saturated rings. The molecular weight excluding hydrogens is 246 g/mol. The highest BCUT2D eigenvalue weighted by Crippen LogP contribution is 2.08. The smallest absolute Gasteiger partial charge is 0.234 e. The van der Waals surface area contributed by atoms with Crippen molar-refractivity contribution in [2.24, 2.45) is 5.73 Å². The zero-order chi connectivity index (χ0) is 13.4. The number of nitrogens with two attached hydrogens (primary N) is 1. The second kappa shape index (κ2) is 8.77. The molecule has 1 aliphatic rings. The Morgan fingerprint density at radius 2 is 2.17 bits per heavy atom. The lowest BCUT2D eigenvalue weighted by atomic mass is 10.1. The zero-order valence-corrected chi connectivity index (χ0v) is 12.5. The fourth-order valence-electron chi connectivity index (χ4n) is 2.11. The third-order valence-electron chi connectivity index (χ3n) is 3.31. The third-order valence-corrected chi connectivity index (χ3v) is 4.24. The number of amides is 1. The third kappa shape index (κ3) is 6.61. The molecule has 4 nitrogen and oxygen atoms in total. The highest BCUT2D eigenvalue weighted by molar-refractivity contribution is 7.99. The quantitative estimate of drug-likeness (QED) is 0.681. The van der Waals surface area contributed by atoms with Gasteiger partial charge in [0, 0.05) is 25.2 Å². The lowest BCUT2D eigenvalue weighted by molar-refractivity contribution is -0.123. The number of carbonyl (C=O) groups excluding carboxylic acids is 1. The van der Waals surface area contributed by atoms with Crippen LogP contribution in [0.15, 0.2) is 0 Å². The first-order valence-corrected chi connectivity index (χ1v) is 8.12. The van der Waals surface area contributed by atoms with Crippen molar-refractivity contribution in [3.63, 3.8) is 0 Å². The van der Waals surface area contributed by atoms with Gasteiger partial charge in [-0.15, -0.1) is 0 Å². The number of hydrogen-bond donors (Lipinski definition) is 2. The van der Waals surface area contributed by atoms with Crippen molar-refractivity contribution in [1.29, 1.82) is 0 Å². The Labute approximate surface area is 115 Å². The monoisotopic (exact) mass is 273 g/mol. The molecule has 5 heteroatoms. The summed E-state index contributed by atoms with van der Waals surface area (Å²) in [5, 5.41) is 3.07. The first-order valence-electron chi connectivity index (χ1n) is 6.96. The van der Waals surface area contributed by atoms with Gasteiger partial charge < -0.3 is 11.1 Å². The minimum absolute atomic E-state index is 0.152. The summed E-state index contributed by atoms with van der Waals surface area (Å²) in [5.74, 6) is 2.42. The van der Waals surface area contributed by atoms with Crippen molar-refractivity contribution in [2.45, 2.75) is 45.2 Å². The van der Waals surface area contributed by atoms with Crippen LogP contribution in [0.2, 0.25) is 0 Å². The molecule has 18 heavy (non-hydrogen) atoms. The average molecular weight is 273 g/mol. The summed E-state index contributed by atoms with van der Waals surface area (Å²) in [5.41, 5.74) is 5.85. The predicted molar refractivity (Wildman–Crippen MR) is 78.9 cm³/mol. The molecular formula is C13H27N3OS. The lowest BCUT2D eigenvalue weighted by Crippen LogP contribution is -2.46. The molecule has 0 aromatic heterocycles. The van der Waals surface area contributed by atoms with E-state index in [9.17, 15) is 4.79 Å². The maximum Gasteiger partial charge on any atom is 0.234 e. The Bertz CT molecular complexity index is 242. The van der Waals surface area contributed by atoms with Crippen molar-refractivity contribution >= 4 is 17.7 Å². The van der Waals surface area contributed by atoms with Crippen molar-refractivity contribution in [3.8, 4) is 0 Å². The van der Waals surface area contributed by atoms with Gasteiger partial charge in [-0.3, -0.25) is 9.69 Å². The maximum atomic E-state index is 11.8. The Balaban J connectivity index is 2.12. The van der Waals surface area contributed by atoms with E-state index >= 15 is 0 Å². The Hall–Kier alpha value is -0.260. The molecule has 0 bridgehead atoms. The van der Waals surface area contributed by atoms with E-state index in [1.165, 1.54) is 0 Å². The highest BCUT2D eigenvalue weighted by Gasteiger charge is 2.18. The molecule has 1 saturated heterocycles. The van der Waals surface area contributed by atoms with Crippen LogP contribution in [0.4, 0.5) is 0 Å². The van der Waals surface area contributed by atoms with Gasteiger partial charge in [0.15, 0.2) is 0 Å². The van der Waals surface area contributed by atoms with E-state index in [1.54, 1.807) is 0 Å². The molecule has 1 aliphatic heterocycles. The minimum atomic E-state index is 0.152. The van der Waals surface area contributed by atoms with Crippen molar-refractivity contribution < 1.29 is 4.79 Å². The second-order valence-corrected chi connectivity index (χ2v) is 6.46. The van der Waals surface area contributed by atoms with Gasteiger partial charge in [0.05, 0.1) is 6.54 Å². The zero-order valence-electron chi connectivity index (χ0n) is 11.7. The molecule has 0 spiro atoms. The van der Waals surface area contributed by atoms with Crippen molar-refractivity contribution in [3.05, 3.63) is 0 Å². The van der Waals surface area contributed by atoms with Gasteiger partial charge in [-0.1, -0.05) is 6.92 Å². The van der Waals surface area contributed by atoms with Gasteiger partial charge in [0.2, 0.25) is 5.91 Å². The van der Waals surface area contributed by atoms with E-state index in [2.05, 4.69) is 24.1 Å². The number of rotatable bonds is 7. The maximum absolute atomic E-state index is 11.8. The summed E-state index contributed by atoms with van der Waals surface area (Å²) in [6.07, 6.45) is 3.07. The molecule has 106 valence electrons.